The summed E-state index contributed by atoms with van der Waals surface area (Å²) in [4.78, 5) is 12.2. The van der Waals surface area contributed by atoms with Gasteiger partial charge in [-0.15, -0.1) is 0 Å². The molecule has 8 heteroatoms. The van der Waals surface area contributed by atoms with Crippen molar-refractivity contribution >= 4 is 17.4 Å². The predicted octanol–water partition coefficient (Wildman–Crippen LogP) is 2.21. The van der Waals surface area contributed by atoms with Crippen molar-refractivity contribution < 1.29 is 23.2 Å². The SMILES string of the molecule is CC1CC(C(=O)Nc2c(F)cc(F)cc2F)(C(N)=NO)C1. The molecule has 0 atom stereocenters. The Morgan fingerprint density at radius 3 is 2.33 bits per heavy atom. The zero-order valence-electron chi connectivity index (χ0n) is 11.2. The van der Waals surface area contributed by atoms with E-state index >= 15 is 0 Å². The Morgan fingerprint density at radius 1 is 1.38 bits per heavy atom. The first-order valence-corrected chi connectivity index (χ1v) is 6.24. The maximum absolute atomic E-state index is 13.5. The first-order chi connectivity index (χ1) is 9.80. The molecule has 0 heterocycles. The summed E-state index contributed by atoms with van der Waals surface area (Å²) in [5.74, 6) is -4.52. The number of oxime groups is 1. The van der Waals surface area contributed by atoms with Crippen LogP contribution >= 0.6 is 0 Å². The van der Waals surface area contributed by atoms with Crippen LogP contribution in [0, 0.1) is 28.8 Å². The number of hydrogen-bond donors (Lipinski definition) is 3. The number of amides is 1. The summed E-state index contributed by atoms with van der Waals surface area (Å²) in [6.45, 7) is 1.86. The number of nitrogens with two attached hydrogens (primary N) is 1. The molecule has 0 bridgehead atoms. The summed E-state index contributed by atoms with van der Waals surface area (Å²) in [6.07, 6.45) is 0.582. The lowest BCUT2D eigenvalue weighted by Gasteiger charge is -2.43. The second-order valence-electron chi connectivity index (χ2n) is 5.28. The van der Waals surface area contributed by atoms with Crippen LogP contribution in [-0.2, 0) is 4.79 Å². The average molecular weight is 301 g/mol. The third kappa shape index (κ3) is 2.53. The number of halogens is 3. The summed E-state index contributed by atoms with van der Waals surface area (Å²) in [7, 11) is 0. The van der Waals surface area contributed by atoms with E-state index in [2.05, 4.69) is 10.5 Å². The first kappa shape index (κ1) is 15.1. The monoisotopic (exact) mass is 301 g/mol. The number of rotatable bonds is 3. The molecular weight excluding hydrogens is 287 g/mol. The number of carbonyl (C=O) groups is 1. The van der Waals surface area contributed by atoms with E-state index in [1.807, 2.05) is 6.92 Å². The Kier molecular flexibility index (Phi) is 3.80. The van der Waals surface area contributed by atoms with Crippen LogP contribution in [0.2, 0.25) is 0 Å². The molecule has 1 aromatic carbocycles. The molecule has 0 aromatic heterocycles. The molecule has 1 aliphatic carbocycles. The molecule has 0 aliphatic heterocycles. The molecule has 5 nitrogen and oxygen atoms in total. The highest BCUT2D eigenvalue weighted by Crippen LogP contribution is 2.46. The molecule has 0 radical (unpaired) electrons. The molecule has 4 N–H and O–H groups in total. The van der Waals surface area contributed by atoms with Gasteiger partial charge in [-0.3, -0.25) is 4.79 Å². The first-order valence-electron chi connectivity index (χ1n) is 6.24. The molecule has 1 aliphatic rings. The highest BCUT2D eigenvalue weighted by molar-refractivity contribution is 6.12. The van der Waals surface area contributed by atoms with Gasteiger partial charge in [0.2, 0.25) is 5.91 Å². The highest BCUT2D eigenvalue weighted by Gasteiger charge is 2.52. The smallest absolute Gasteiger partial charge is 0.238 e. The molecule has 0 spiro atoms. The summed E-state index contributed by atoms with van der Waals surface area (Å²) < 4.78 is 39.9. The maximum atomic E-state index is 13.5. The molecule has 1 saturated carbocycles. The van der Waals surface area contributed by atoms with Gasteiger partial charge in [-0.25, -0.2) is 13.2 Å². The second kappa shape index (κ2) is 5.27. The molecule has 1 aromatic rings. The van der Waals surface area contributed by atoms with Crippen molar-refractivity contribution in [3.05, 3.63) is 29.6 Å². The van der Waals surface area contributed by atoms with Gasteiger partial charge in [-0.05, 0) is 18.8 Å². The average Bonchev–Trinajstić information content (AvgIpc) is 2.37. The number of hydrogen-bond acceptors (Lipinski definition) is 3. The van der Waals surface area contributed by atoms with Crippen molar-refractivity contribution in [1.82, 2.24) is 0 Å². The third-order valence-electron chi connectivity index (χ3n) is 3.67. The van der Waals surface area contributed by atoms with E-state index in [0.29, 0.717) is 25.0 Å². The van der Waals surface area contributed by atoms with Crippen LogP contribution in [-0.4, -0.2) is 17.0 Å². The van der Waals surface area contributed by atoms with Crippen molar-refractivity contribution in [3.8, 4) is 0 Å². The van der Waals surface area contributed by atoms with Crippen molar-refractivity contribution in [2.24, 2.45) is 22.2 Å². The number of carbonyl (C=O) groups excluding carboxylic acids is 1. The molecule has 1 amide bonds. The highest BCUT2D eigenvalue weighted by atomic mass is 19.1. The van der Waals surface area contributed by atoms with E-state index in [1.165, 1.54) is 0 Å². The standard InChI is InChI=1S/C13H14F3N3O2/c1-6-4-13(5-6,11(17)19-21)12(20)18-10-8(15)2-7(14)3-9(10)16/h2-3,6,21H,4-5H2,1H3,(H2,17,19)(H,18,20). The van der Waals surface area contributed by atoms with Gasteiger partial charge in [-0.2, -0.15) is 0 Å². The number of amidine groups is 1. The van der Waals surface area contributed by atoms with Crippen molar-refractivity contribution in [2.45, 2.75) is 19.8 Å². The summed E-state index contributed by atoms with van der Waals surface area (Å²) in [5.41, 5.74) is 3.46. The molecule has 0 unspecified atom stereocenters. The summed E-state index contributed by atoms with van der Waals surface area (Å²) in [5, 5.41) is 13.6. The largest absolute Gasteiger partial charge is 0.409 e. The Hall–Kier alpha value is -2.25. The topological polar surface area (TPSA) is 87.7 Å². The van der Waals surface area contributed by atoms with Crippen LogP contribution in [0.4, 0.5) is 18.9 Å². The molecule has 114 valence electrons. The number of benzene rings is 1. The van der Waals surface area contributed by atoms with Gasteiger partial charge in [0.05, 0.1) is 0 Å². The minimum absolute atomic E-state index is 0.152. The fourth-order valence-corrected chi connectivity index (χ4v) is 2.63. The molecule has 1 fully saturated rings. The van der Waals surface area contributed by atoms with Gasteiger partial charge < -0.3 is 16.3 Å². The lowest BCUT2D eigenvalue weighted by atomic mass is 9.61. The summed E-state index contributed by atoms with van der Waals surface area (Å²) >= 11 is 0. The van der Waals surface area contributed by atoms with Gasteiger partial charge in [0.1, 0.15) is 16.9 Å². The van der Waals surface area contributed by atoms with Gasteiger partial charge in [0.25, 0.3) is 0 Å². The van der Waals surface area contributed by atoms with Gasteiger partial charge >= 0.3 is 0 Å². The molecule has 21 heavy (non-hydrogen) atoms. The second-order valence-corrected chi connectivity index (χ2v) is 5.28. The summed E-state index contributed by atoms with van der Waals surface area (Å²) in [6, 6.07) is 0.913. The van der Waals surface area contributed by atoms with Crippen LogP contribution in [0.25, 0.3) is 0 Å². The van der Waals surface area contributed by atoms with E-state index in [4.69, 9.17) is 10.9 Å². The molecule has 0 saturated heterocycles. The van der Waals surface area contributed by atoms with Crippen molar-refractivity contribution in [2.75, 3.05) is 5.32 Å². The fraction of sp³-hybridized carbons (Fsp3) is 0.385. The molecule has 2 rings (SSSR count). The van der Waals surface area contributed by atoms with Crippen LogP contribution in [0.15, 0.2) is 17.3 Å². The van der Waals surface area contributed by atoms with E-state index in [9.17, 15) is 18.0 Å². The van der Waals surface area contributed by atoms with Crippen molar-refractivity contribution in [1.29, 1.82) is 0 Å². The van der Waals surface area contributed by atoms with E-state index in [1.54, 1.807) is 0 Å². The van der Waals surface area contributed by atoms with E-state index < -0.39 is 34.5 Å². The fourth-order valence-electron chi connectivity index (χ4n) is 2.63. The third-order valence-corrected chi connectivity index (χ3v) is 3.67. The van der Waals surface area contributed by atoms with Crippen LogP contribution in [0.3, 0.4) is 0 Å². The molecular formula is C13H14F3N3O2. The lowest BCUT2D eigenvalue weighted by molar-refractivity contribution is -0.127. The number of nitrogens with one attached hydrogen (secondary N) is 1. The zero-order valence-corrected chi connectivity index (χ0v) is 11.2. The minimum atomic E-state index is -1.30. The van der Waals surface area contributed by atoms with Crippen LogP contribution in [0.1, 0.15) is 19.8 Å². The Labute approximate surface area is 118 Å². The normalized spacial score (nSPS) is 25.3. The Bertz CT molecular complexity index is 590. The Morgan fingerprint density at radius 2 is 1.90 bits per heavy atom. The van der Waals surface area contributed by atoms with Crippen molar-refractivity contribution in [3.63, 3.8) is 0 Å². The Balaban J connectivity index is 2.29. The van der Waals surface area contributed by atoms with E-state index in [0.717, 1.165) is 0 Å². The van der Waals surface area contributed by atoms with Gasteiger partial charge in [-0.1, -0.05) is 12.1 Å². The number of anilines is 1. The van der Waals surface area contributed by atoms with Crippen LogP contribution < -0.4 is 11.1 Å². The minimum Gasteiger partial charge on any atom is -0.409 e. The number of nitrogens with zero attached hydrogens (tertiary/aromatic N) is 1. The zero-order chi connectivity index (χ0) is 15.8. The van der Waals surface area contributed by atoms with E-state index in [-0.39, 0.29) is 11.8 Å². The maximum Gasteiger partial charge on any atom is 0.238 e. The quantitative estimate of drug-likeness (QED) is 0.346. The lowest BCUT2D eigenvalue weighted by Crippen LogP contribution is -2.54. The van der Waals surface area contributed by atoms with Crippen LogP contribution in [0.5, 0.6) is 0 Å². The predicted molar refractivity (Wildman–Crippen MR) is 69.2 cm³/mol. The van der Waals surface area contributed by atoms with Gasteiger partial charge in [0, 0.05) is 12.1 Å². The van der Waals surface area contributed by atoms with Gasteiger partial charge in [0.15, 0.2) is 17.5 Å².